The van der Waals surface area contributed by atoms with Gasteiger partial charge in [0, 0.05) is 19.7 Å². The number of amides is 1. The average molecular weight is 378 g/mol. The van der Waals surface area contributed by atoms with Crippen LogP contribution in [0.4, 0.5) is 5.69 Å². The van der Waals surface area contributed by atoms with Crippen molar-refractivity contribution in [1.82, 2.24) is 4.90 Å². The van der Waals surface area contributed by atoms with Crippen molar-refractivity contribution < 1.29 is 14.5 Å². The Morgan fingerprint density at radius 2 is 2.08 bits per heavy atom. The number of piperidine rings is 1. The SMILES string of the molecule is Cl.NCCCOC1CCN(C(=O)c2cccc(Cl)c2[N+](=O)[O-])CC1. The summed E-state index contributed by atoms with van der Waals surface area (Å²) in [6, 6.07) is 4.40. The standard InChI is InChI=1S/C15H20ClN3O4.ClH/c16-13-4-1-3-12(14(13)19(21)22)15(20)18-8-5-11(6-9-18)23-10-2-7-17;/h1,3-4,11H,2,5-10,17H2;1H. The molecular weight excluding hydrogens is 357 g/mol. The normalized spacial score (nSPS) is 15.0. The second-order valence-electron chi connectivity index (χ2n) is 5.40. The molecule has 0 saturated carbocycles. The predicted octanol–water partition coefficient (Wildman–Crippen LogP) is 2.64. The fraction of sp³-hybridized carbons (Fsp3) is 0.533. The number of nitrogens with zero attached hydrogens (tertiary/aromatic N) is 2. The number of hydrogen-bond donors (Lipinski definition) is 1. The van der Waals surface area contributed by atoms with Crippen LogP contribution in [0.5, 0.6) is 0 Å². The van der Waals surface area contributed by atoms with Crippen molar-refractivity contribution in [3.05, 3.63) is 38.9 Å². The summed E-state index contributed by atoms with van der Waals surface area (Å²) in [6.07, 6.45) is 2.35. The fourth-order valence-corrected chi connectivity index (χ4v) is 2.85. The Hall–Kier alpha value is -1.41. The molecule has 0 aromatic heterocycles. The molecule has 0 spiro atoms. The first-order valence-corrected chi connectivity index (χ1v) is 7.96. The van der Waals surface area contributed by atoms with Gasteiger partial charge in [-0.1, -0.05) is 17.7 Å². The Balaban J connectivity index is 0.00000288. The van der Waals surface area contributed by atoms with Gasteiger partial charge in [-0.25, -0.2) is 0 Å². The van der Waals surface area contributed by atoms with Crippen LogP contribution < -0.4 is 5.73 Å². The molecule has 1 saturated heterocycles. The van der Waals surface area contributed by atoms with Crippen molar-refractivity contribution in [1.29, 1.82) is 0 Å². The van der Waals surface area contributed by atoms with E-state index in [0.29, 0.717) is 39.1 Å². The number of hydrogen-bond acceptors (Lipinski definition) is 5. The number of rotatable bonds is 6. The molecular formula is C15H21Cl2N3O4. The smallest absolute Gasteiger partial charge is 0.300 e. The summed E-state index contributed by atoms with van der Waals surface area (Å²) in [5.74, 6) is -0.361. The maximum Gasteiger partial charge on any atom is 0.300 e. The topological polar surface area (TPSA) is 98.7 Å². The van der Waals surface area contributed by atoms with Gasteiger partial charge in [-0.3, -0.25) is 14.9 Å². The van der Waals surface area contributed by atoms with E-state index < -0.39 is 4.92 Å². The number of likely N-dealkylation sites (tertiary alicyclic amines) is 1. The number of benzene rings is 1. The van der Waals surface area contributed by atoms with Gasteiger partial charge in [0.2, 0.25) is 0 Å². The highest BCUT2D eigenvalue weighted by Crippen LogP contribution is 2.29. The highest BCUT2D eigenvalue weighted by atomic mass is 35.5. The second kappa shape index (κ2) is 9.78. The molecule has 1 aliphatic rings. The maximum atomic E-state index is 12.5. The largest absolute Gasteiger partial charge is 0.378 e. The van der Waals surface area contributed by atoms with Gasteiger partial charge in [0.05, 0.1) is 11.0 Å². The van der Waals surface area contributed by atoms with Gasteiger partial charge in [-0.05, 0) is 37.9 Å². The quantitative estimate of drug-likeness (QED) is 0.466. The van der Waals surface area contributed by atoms with Crippen molar-refractivity contribution in [2.45, 2.75) is 25.4 Å². The number of carbonyl (C=O) groups excluding carboxylic acids is 1. The van der Waals surface area contributed by atoms with E-state index in [1.165, 1.54) is 12.1 Å². The predicted molar refractivity (Wildman–Crippen MR) is 93.9 cm³/mol. The van der Waals surface area contributed by atoms with Crippen LogP contribution in [0.3, 0.4) is 0 Å². The minimum atomic E-state index is -0.613. The minimum Gasteiger partial charge on any atom is -0.378 e. The number of para-hydroxylation sites is 1. The molecule has 1 amide bonds. The minimum absolute atomic E-state index is 0. The van der Waals surface area contributed by atoms with Crippen LogP contribution in [0.25, 0.3) is 0 Å². The van der Waals surface area contributed by atoms with Crippen LogP contribution in [-0.4, -0.2) is 48.1 Å². The number of ether oxygens (including phenoxy) is 1. The summed E-state index contributed by atoms with van der Waals surface area (Å²) in [5.41, 5.74) is 5.12. The molecule has 0 radical (unpaired) electrons. The van der Waals surface area contributed by atoms with Crippen molar-refractivity contribution in [3.63, 3.8) is 0 Å². The molecule has 0 unspecified atom stereocenters. The van der Waals surface area contributed by atoms with Crippen LogP contribution in [0, 0.1) is 10.1 Å². The van der Waals surface area contributed by atoms with Gasteiger partial charge in [0.25, 0.3) is 5.91 Å². The lowest BCUT2D eigenvalue weighted by atomic mass is 10.1. The first-order chi connectivity index (χ1) is 11.0. The first kappa shape index (κ1) is 20.6. The summed E-state index contributed by atoms with van der Waals surface area (Å²) in [5, 5.41) is 11.1. The van der Waals surface area contributed by atoms with Gasteiger partial charge in [0.1, 0.15) is 10.6 Å². The van der Waals surface area contributed by atoms with Crippen LogP contribution >= 0.6 is 24.0 Å². The van der Waals surface area contributed by atoms with E-state index in [-0.39, 0.29) is 40.7 Å². The van der Waals surface area contributed by atoms with E-state index in [9.17, 15) is 14.9 Å². The van der Waals surface area contributed by atoms with E-state index in [1.54, 1.807) is 11.0 Å². The summed E-state index contributed by atoms with van der Waals surface area (Å²) in [4.78, 5) is 24.7. The summed E-state index contributed by atoms with van der Waals surface area (Å²) in [7, 11) is 0. The zero-order valence-corrected chi connectivity index (χ0v) is 14.7. The van der Waals surface area contributed by atoms with Gasteiger partial charge in [-0.2, -0.15) is 0 Å². The van der Waals surface area contributed by atoms with Gasteiger partial charge in [0.15, 0.2) is 0 Å². The van der Waals surface area contributed by atoms with Gasteiger partial charge >= 0.3 is 5.69 Å². The maximum absolute atomic E-state index is 12.5. The lowest BCUT2D eigenvalue weighted by molar-refractivity contribution is -0.385. The van der Waals surface area contributed by atoms with Crippen LogP contribution in [0.1, 0.15) is 29.6 Å². The number of nitro benzene ring substituents is 1. The van der Waals surface area contributed by atoms with Crippen LogP contribution in [0.2, 0.25) is 5.02 Å². The second-order valence-corrected chi connectivity index (χ2v) is 5.80. The van der Waals surface area contributed by atoms with Crippen molar-refractivity contribution in [2.75, 3.05) is 26.2 Å². The molecule has 1 aromatic rings. The molecule has 0 bridgehead atoms. The lowest BCUT2D eigenvalue weighted by Gasteiger charge is -2.32. The molecule has 134 valence electrons. The van der Waals surface area contributed by atoms with E-state index >= 15 is 0 Å². The van der Waals surface area contributed by atoms with Crippen molar-refractivity contribution in [2.24, 2.45) is 5.73 Å². The molecule has 1 fully saturated rings. The molecule has 2 rings (SSSR count). The fourth-order valence-electron chi connectivity index (χ4n) is 2.60. The molecule has 1 aromatic carbocycles. The third-order valence-corrected chi connectivity index (χ3v) is 4.14. The molecule has 0 atom stereocenters. The van der Waals surface area contributed by atoms with E-state index in [2.05, 4.69) is 0 Å². The van der Waals surface area contributed by atoms with Crippen LogP contribution in [-0.2, 0) is 4.74 Å². The van der Waals surface area contributed by atoms with Crippen molar-refractivity contribution in [3.8, 4) is 0 Å². The van der Waals surface area contributed by atoms with Gasteiger partial charge < -0.3 is 15.4 Å². The Kier molecular flexibility index (Phi) is 8.41. The highest BCUT2D eigenvalue weighted by molar-refractivity contribution is 6.33. The number of carbonyl (C=O) groups is 1. The zero-order valence-electron chi connectivity index (χ0n) is 13.2. The Morgan fingerprint density at radius 3 is 2.67 bits per heavy atom. The number of halogens is 2. The third-order valence-electron chi connectivity index (χ3n) is 3.83. The highest BCUT2D eigenvalue weighted by Gasteiger charge is 2.29. The summed E-state index contributed by atoms with van der Waals surface area (Å²) in [6.45, 7) is 2.23. The number of nitrogens with two attached hydrogens (primary N) is 1. The zero-order chi connectivity index (χ0) is 16.8. The Bertz CT molecular complexity index is 578. The molecule has 0 aliphatic carbocycles. The molecule has 9 heteroatoms. The van der Waals surface area contributed by atoms with E-state index in [0.717, 1.165) is 6.42 Å². The lowest BCUT2D eigenvalue weighted by Crippen LogP contribution is -2.41. The third kappa shape index (κ3) is 5.04. The molecule has 2 N–H and O–H groups in total. The van der Waals surface area contributed by atoms with Crippen molar-refractivity contribution >= 4 is 35.6 Å². The molecule has 7 nitrogen and oxygen atoms in total. The average Bonchev–Trinajstić information content (AvgIpc) is 2.54. The monoisotopic (exact) mass is 377 g/mol. The molecule has 1 aliphatic heterocycles. The molecule has 24 heavy (non-hydrogen) atoms. The summed E-state index contributed by atoms with van der Waals surface area (Å²) >= 11 is 5.86. The Morgan fingerprint density at radius 1 is 1.42 bits per heavy atom. The Labute approximate surface area is 151 Å². The summed E-state index contributed by atoms with van der Waals surface area (Å²) < 4.78 is 5.69. The van der Waals surface area contributed by atoms with E-state index in [4.69, 9.17) is 22.1 Å². The first-order valence-electron chi connectivity index (χ1n) is 7.58. The molecule has 1 heterocycles. The van der Waals surface area contributed by atoms with Crippen LogP contribution in [0.15, 0.2) is 18.2 Å². The number of nitro groups is 1. The van der Waals surface area contributed by atoms with E-state index in [1.807, 2.05) is 0 Å². The van der Waals surface area contributed by atoms with Gasteiger partial charge in [-0.15, -0.1) is 12.4 Å².